The van der Waals surface area contributed by atoms with Gasteiger partial charge in [0, 0.05) is 17.0 Å². The molecule has 22 heavy (non-hydrogen) atoms. The first-order valence-corrected chi connectivity index (χ1v) is 7.55. The van der Waals surface area contributed by atoms with E-state index < -0.39 is 11.5 Å². The van der Waals surface area contributed by atoms with Gasteiger partial charge in [0.2, 0.25) is 0 Å². The Hall–Kier alpha value is -2.14. The molecule has 1 saturated heterocycles. The van der Waals surface area contributed by atoms with Gasteiger partial charge in [-0.2, -0.15) is 0 Å². The number of likely N-dealkylation sites (N-methyl/N-ethyl adjacent to an activating group) is 1. The number of phenols is 1. The molecule has 2 heterocycles. The minimum atomic E-state index is -0.617. The maximum absolute atomic E-state index is 13.0. The average Bonchev–Trinajstić information content (AvgIpc) is 2.85. The zero-order valence-electron chi connectivity index (χ0n) is 12.1. The molecular formula is C17H15NO4. The number of phenolic OH excluding ortho intramolecular Hbond substituents is 1. The molecule has 1 aromatic carbocycles. The number of carbonyl (C=O) groups excluding carboxylic acids is 2. The Morgan fingerprint density at radius 1 is 1.36 bits per heavy atom. The number of rotatable bonds is 0. The third kappa shape index (κ3) is 1.10. The highest BCUT2D eigenvalue weighted by molar-refractivity contribution is 6.08. The smallest absolute Gasteiger partial charge is 0.196 e. The Morgan fingerprint density at radius 2 is 2.18 bits per heavy atom. The molecule has 5 heteroatoms. The van der Waals surface area contributed by atoms with Gasteiger partial charge >= 0.3 is 0 Å². The number of piperidine rings is 1. The van der Waals surface area contributed by atoms with Crippen LogP contribution in [0.25, 0.3) is 0 Å². The molecule has 1 N–H and O–H groups in total. The summed E-state index contributed by atoms with van der Waals surface area (Å²) >= 11 is 0. The Kier molecular flexibility index (Phi) is 2.03. The fraction of sp³-hybridized carbons (Fsp3) is 0.412. The van der Waals surface area contributed by atoms with Crippen LogP contribution in [0.1, 0.15) is 22.3 Å². The largest absolute Gasteiger partial charge is 0.504 e. The third-order valence-corrected chi connectivity index (χ3v) is 5.85. The standard InChI is InChI=1S/C17H15NO4/c1-18-7-6-17-9-3-5-11(20)16(17)22-15-10(19)4-2-8(12(15)17)14(21)13(9)18/h2-5,9,13,16,19H,6-7H2,1H3/t9-,13+,16-,17-/m0/s1. The van der Waals surface area contributed by atoms with Gasteiger partial charge in [-0.3, -0.25) is 14.5 Å². The van der Waals surface area contributed by atoms with Gasteiger partial charge in [-0.15, -0.1) is 0 Å². The zero-order chi connectivity index (χ0) is 15.2. The number of ether oxygens (including phenoxy) is 1. The van der Waals surface area contributed by atoms with Crippen molar-refractivity contribution in [1.29, 1.82) is 0 Å². The van der Waals surface area contributed by atoms with Crippen LogP contribution in [-0.2, 0) is 10.2 Å². The van der Waals surface area contributed by atoms with Crippen molar-refractivity contribution >= 4 is 11.6 Å². The molecule has 4 atom stereocenters. The second-order valence-electron chi connectivity index (χ2n) is 6.70. The van der Waals surface area contributed by atoms with Gasteiger partial charge in [-0.05, 0) is 38.2 Å². The van der Waals surface area contributed by atoms with E-state index >= 15 is 0 Å². The van der Waals surface area contributed by atoms with E-state index in [1.807, 2.05) is 13.1 Å². The monoisotopic (exact) mass is 297 g/mol. The molecule has 1 fully saturated rings. The van der Waals surface area contributed by atoms with E-state index in [-0.39, 0.29) is 29.3 Å². The van der Waals surface area contributed by atoms with Gasteiger partial charge < -0.3 is 9.84 Å². The van der Waals surface area contributed by atoms with Crippen LogP contribution >= 0.6 is 0 Å². The zero-order valence-corrected chi connectivity index (χ0v) is 12.1. The van der Waals surface area contributed by atoms with Crippen molar-refractivity contribution in [3.05, 3.63) is 35.4 Å². The lowest BCUT2D eigenvalue weighted by atomic mass is 9.53. The molecule has 2 aliphatic carbocycles. The summed E-state index contributed by atoms with van der Waals surface area (Å²) in [5.74, 6) is 0.259. The number of hydrogen-bond acceptors (Lipinski definition) is 5. The molecule has 0 unspecified atom stereocenters. The summed E-state index contributed by atoms with van der Waals surface area (Å²) in [5.41, 5.74) is 0.862. The molecule has 1 aromatic rings. The topological polar surface area (TPSA) is 66.8 Å². The van der Waals surface area contributed by atoms with Gasteiger partial charge in [-0.25, -0.2) is 0 Å². The van der Waals surface area contributed by atoms with Crippen LogP contribution in [0.3, 0.4) is 0 Å². The Balaban J connectivity index is 1.91. The maximum atomic E-state index is 13.0. The average molecular weight is 297 g/mol. The van der Waals surface area contributed by atoms with Gasteiger partial charge in [0.15, 0.2) is 29.2 Å². The Bertz CT molecular complexity index is 783. The predicted octanol–water partition coefficient (Wildman–Crippen LogP) is 1.05. The summed E-state index contributed by atoms with van der Waals surface area (Å²) in [6, 6.07) is 2.91. The molecule has 4 aliphatic rings. The first kappa shape index (κ1) is 12.4. The molecule has 0 aromatic heterocycles. The summed E-state index contributed by atoms with van der Waals surface area (Å²) < 4.78 is 5.88. The lowest BCUT2D eigenvalue weighted by Crippen LogP contribution is -2.66. The fourth-order valence-electron chi connectivity index (χ4n) is 4.93. The van der Waals surface area contributed by atoms with Gasteiger partial charge in [0.05, 0.1) is 11.5 Å². The molecular weight excluding hydrogens is 282 g/mol. The minimum Gasteiger partial charge on any atom is -0.504 e. The van der Waals surface area contributed by atoms with Crippen LogP contribution < -0.4 is 4.74 Å². The summed E-state index contributed by atoms with van der Waals surface area (Å²) in [6.45, 7) is 0.739. The predicted molar refractivity (Wildman–Crippen MR) is 77.2 cm³/mol. The normalized spacial score (nSPS) is 38.0. The van der Waals surface area contributed by atoms with E-state index in [0.717, 1.165) is 18.5 Å². The number of aromatic hydroxyl groups is 1. The number of likely N-dealkylation sites (tertiary alicyclic amines) is 1. The molecule has 5 rings (SSSR count). The highest BCUT2D eigenvalue weighted by atomic mass is 16.5. The first-order chi connectivity index (χ1) is 10.6. The summed E-state index contributed by atoms with van der Waals surface area (Å²) in [7, 11) is 1.96. The number of ketones is 2. The molecule has 0 radical (unpaired) electrons. The van der Waals surface area contributed by atoms with E-state index in [9.17, 15) is 14.7 Å². The molecule has 0 amide bonds. The van der Waals surface area contributed by atoms with Crippen molar-refractivity contribution in [1.82, 2.24) is 4.90 Å². The van der Waals surface area contributed by atoms with Crippen molar-refractivity contribution in [2.75, 3.05) is 13.6 Å². The summed E-state index contributed by atoms with van der Waals surface area (Å²) in [6.07, 6.45) is 3.56. The lowest BCUT2D eigenvalue weighted by molar-refractivity contribution is -0.126. The Labute approximate surface area is 127 Å². The van der Waals surface area contributed by atoms with Crippen LogP contribution in [0.4, 0.5) is 0 Å². The van der Waals surface area contributed by atoms with E-state index in [1.54, 1.807) is 12.1 Å². The number of nitrogens with zero attached hydrogens (tertiary/aromatic N) is 1. The lowest BCUT2D eigenvalue weighted by Gasteiger charge is -2.54. The quantitative estimate of drug-likeness (QED) is 0.775. The highest BCUT2D eigenvalue weighted by Gasteiger charge is 2.66. The van der Waals surface area contributed by atoms with Crippen LogP contribution in [0.15, 0.2) is 24.3 Å². The van der Waals surface area contributed by atoms with Crippen molar-refractivity contribution in [2.45, 2.75) is 24.0 Å². The van der Waals surface area contributed by atoms with E-state index in [2.05, 4.69) is 4.90 Å². The van der Waals surface area contributed by atoms with Crippen molar-refractivity contribution in [3.8, 4) is 11.5 Å². The fourth-order valence-corrected chi connectivity index (χ4v) is 4.93. The molecule has 1 spiro atoms. The van der Waals surface area contributed by atoms with Crippen molar-refractivity contribution < 1.29 is 19.4 Å². The van der Waals surface area contributed by atoms with E-state index in [4.69, 9.17) is 4.74 Å². The number of carbonyl (C=O) groups is 2. The van der Waals surface area contributed by atoms with Crippen molar-refractivity contribution in [3.63, 3.8) is 0 Å². The number of hydrogen-bond donors (Lipinski definition) is 1. The van der Waals surface area contributed by atoms with Crippen LogP contribution in [0, 0.1) is 5.92 Å². The SMILES string of the molecule is CN1CC[C@]23c4c5ccc(O)c4O[C@H]2C(=O)C=C[C@H]3[C@@H]1C5=O. The molecule has 2 bridgehead atoms. The van der Waals surface area contributed by atoms with E-state index in [0.29, 0.717) is 11.3 Å². The van der Waals surface area contributed by atoms with Crippen LogP contribution in [-0.4, -0.2) is 47.3 Å². The summed E-state index contributed by atoms with van der Waals surface area (Å²) in [4.78, 5) is 27.4. The van der Waals surface area contributed by atoms with Gasteiger partial charge in [-0.1, -0.05) is 6.08 Å². The van der Waals surface area contributed by atoms with Crippen LogP contribution in [0.2, 0.25) is 0 Å². The van der Waals surface area contributed by atoms with Crippen molar-refractivity contribution in [2.24, 2.45) is 5.92 Å². The highest BCUT2D eigenvalue weighted by Crippen LogP contribution is 2.61. The second kappa shape index (κ2) is 3.60. The molecule has 112 valence electrons. The molecule has 5 nitrogen and oxygen atoms in total. The second-order valence-corrected chi connectivity index (χ2v) is 6.70. The number of benzene rings is 1. The first-order valence-electron chi connectivity index (χ1n) is 7.55. The van der Waals surface area contributed by atoms with Crippen LogP contribution in [0.5, 0.6) is 11.5 Å². The third-order valence-electron chi connectivity index (χ3n) is 5.85. The summed E-state index contributed by atoms with van der Waals surface area (Å²) in [5, 5.41) is 10.2. The van der Waals surface area contributed by atoms with E-state index in [1.165, 1.54) is 6.07 Å². The maximum Gasteiger partial charge on any atom is 0.196 e. The minimum absolute atomic E-state index is 0.0132. The van der Waals surface area contributed by atoms with Gasteiger partial charge in [0.1, 0.15) is 0 Å². The van der Waals surface area contributed by atoms with Gasteiger partial charge in [0.25, 0.3) is 0 Å². The molecule has 2 aliphatic heterocycles. The molecule has 0 saturated carbocycles. The Morgan fingerprint density at radius 3 is 3.00 bits per heavy atom. The number of Topliss-reactive ketones (excluding diaryl/α,β-unsaturated/α-hetero) is 1.